The van der Waals surface area contributed by atoms with Crippen LogP contribution < -0.4 is 16.9 Å². The minimum Gasteiger partial charge on any atom is -0.401 e. The van der Waals surface area contributed by atoms with Crippen molar-refractivity contribution in [3.05, 3.63) is 70.3 Å². The first-order valence-corrected chi connectivity index (χ1v) is 11.0. The molecular weight excluding hydrogens is 384 g/mol. The Morgan fingerprint density at radius 3 is 2.55 bits per heavy atom. The summed E-state index contributed by atoms with van der Waals surface area (Å²) in [5.41, 5.74) is 16.1. The van der Waals surface area contributed by atoms with Gasteiger partial charge in [-0.2, -0.15) is 5.10 Å². The van der Waals surface area contributed by atoms with Gasteiger partial charge in [-0.1, -0.05) is 23.8 Å². The SMILES string of the molecule is CCn1ncc(-c2ccc3c(c2)C(N/C(C)=C/C=C(C)C)CCN(N)/C3=C(/C)N)c1C. The molecule has 0 fully saturated rings. The molecule has 6 heteroatoms. The van der Waals surface area contributed by atoms with Crippen LogP contribution in [0.2, 0.25) is 0 Å². The normalized spacial score (nSPS) is 18.4. The highest BCUT2D eigenvalue weighted by molar-refractivity contribution is 5.75. The number of nitrogens with two attached hydrogens (primary N) is 2. The molecule has 1 aromatic carbocycles. The van der Waals surface area contributed by atoms with E-state index >= 15 is 0 Å². The van der Waals surface area contributed by atoms with Crippen LogP contribution >= 0.6 is 0 Å². The first-order chi connectivity index (χ1) is 14.7. The minimum atomic E-state index is 0.126. The molecule has 6 nitrogen and oxygen atoms in total. The van der Waals surface area contributed by atoms with Crippen molar-refractivity contribution in [1.29, 1.82) is 0 Å². The molecule has 1 aliphatic heterocycles. The van der Waals surface area contributed by atoms with E-state index in [9.17, 15) is 0 Å². The zero-order valence-corrected chi connectivity index (χ0v) is 19.7. The molecule has 0 saturated carbocycles. The Labute approximate surface area is 186 Å². The number of allylic oxidation sites excluding steroid dienone is 5. The summed E-state index contributed by atoms with van der Waals surface area (Å²) in [4.78, 5) is 0. The number of benzene rings is 1. The zero-order chi connectivity index (χ0) is 22.7. The van der Waals surface area contributed by atoms with Crippen LogP contribution in [0.15, 0.2) is 53.5 Å². The summed E-state index contributed by atoms with van der Waals surface area (Å²) in [5, 5.41) is 10.0. The predicted octanol–water partition coefficient (Wildman–Crippen LogP) is 4.61. The van der Waals surface area contributed by atoms with Crippen LogP contribution in [0, 0.1) is 6.92 Å². The Kier molecular flexibility index (Phi) is 6.91. The average molecular weight is 421 g/mol. The van der Waals surface area contributed by atoms with E-state index in [1.165, 1.54) is 16.8 Å². The number of hydrogen-bond donors (Lipinski definition) is 3. The van der Waals surface area contributed by atoms with Crippen LogP contribution in [0.4, 0.5) is 0 Å². The lowest BCUT2D eigenvalue weighted by Gasteiger charge is -2.22. The second-order valence-electron chi connectivity index (χ2n) is 8.57. The highest BCUT2D eigenvalue weighted by Gasteiger charge is 2.26. The van der Waals surface area contributed by atoms with Gasteiger partial charge in [0.15, 0.2) is 0 Å². The maximum Gasteiger partial charge on any atom is 0.0777 e. The van der Waals surface area contributed by atoms with Crippen LogP contribution in [-0.4, -0.2) is 21.3 Å². The lowest BCUT2D eigenvalue weighted by atomic mass is 9.92. The minimum absolute atomic E-state index is 0.126. The van der Waals surface area contributed by atoms with Gasteiger partial charge in [-0.3, -0.25) is 4.68 Å². The summed E-state index contributed by atoms with van der Waals surface area (Å²) in [6, 6.07) is 6.69. The summed E-state index contributed by atoms with van der Waals surface area (Å²) < 4.78 is 2.03. The van der Waals surface area contributed by atoms with Crippen molar-refractivity contribution in [3.8, 4) is 11.1 Å². The van der Waals surface area contributed by atoms with Crippen molar-refractivity contribution in [1.82, 2.24) is 20.1 Å². The highest BCUT2D eigenvalue weighted by atomic mass is 15.4. The second-order valence-corrected chi connectivity index (χ2v) is 8.57. The smallest absolute Gasteiger partial charge is 0.0777 e. The van der Waals surface area contributed by atoms with Gasteiger partial charge >= 0.3 is 0 Å². The molecule has 3 rings (SSSR count). The molecule has 1 aromatic heterocycles. The lowest BCUT2D eigenvalue weighted by Crippen LogP contribution is -2.31. The topological polar surface area (TPSA) is 85.1 Å². The number of fused-ring (bicyclic) bond motifs is 1. The average Bonchev–Trinajstić information content (AvgIpc) is 3.03. The molecule has 1 unspecified atom stereocenters. The van der Waals surface area contributed by atoms with E-state index in [4.69, 9.17) is 11.6 Å². The number of hydrazine groups is 1. The van der Waals surface area contributed by atoms with E-state index in [-0.39, 0.29) is 6.04 Å². The van der Waals surface area contributed by atoms with Crippen molar-refractivity contribution in [3.63, 3.8) is 0 Å². The van der Waals surface area contributed by atoms with Crippen LogP contribution in [0.3, 0.4) is 0 Å². The number of aryl methyl sites for hydroxylation is 1. The first kappa shape index (κ1) is 22.7. The van der Waals surface area contributed by atoms with E-state index in [0.29, 0.717) is 6.54 Å². The third kappa shape index (κ3) is 4.85. The Bertz CT molecular complexity index is 1030. The number of nitrogens with zero attached hydrogens (tertiary/aromatic N) is 3. The van der Waals surface area contributed by atoms with E-state index in [1.54, 1.807) is 5.01 Å². The van der Waals surface area contributed by atoms with Crippen LogP contribution in [0.1, 0.15) is 63.9 Å². The summed E-state index contributed by atoms with van der Waals surface area (Å²) >= 11 is 0. The summed E-state index contributed by atoms with van der Waals surface area (Å²) in [5.74, 6) is 6.41. The van der Waals surface area contributed by atoms with Crippen LogP contribution in [0.25, 0.3) is 16.8 Å². The summed E-state index contributed by atoms with van der Waals surface area (Å²) in [7, 11) is 0. The standard InChI is InChI=1S/C25H36N6/c1-7-31-19(6)23(15-28-31)20-10-11-21-22(14-20)24(29-17(4)9-8-16(2)3)12-13-30(27)25(21)18(5)26/h8-11,14-15,24,29H,7,12-13,26-27H2,1-6H3/b17-9+,25-18-. The molecule has 0 saturated heterocycles. The molecule has 0 spiro atoms. The molecule has 0 amide bonds. The van der Waals surface area contributed by atoms with E-state index < -0.39 is 0 Å². The van der Waals surface area contributed by atoms with E-state index in [0.717, 1.165) is 46.7 Å². The van der Waals surface area contributed by atoms with Gasteiger partial charge in [-0.15, -0.1) is 0 Å². The quantitative estimate of drug-likeness (QED) is 0.486. The molecule has 1 aliphatic rings. The predicted molar refractivity (Wildman–Crippen MR) is 129 cm³/mol. The molecular formula is C25H36N6. The number of nitrogens with one attached hydrogen (secondary N) is 1. The maximum atomic E-state index is 6.41. The van der Waals surface area contributed by atoms with Gasteiger partial charge in [0.05, 0.1) is 17.9 Å². The van der Waals surface area contributed by atoms with Gasteiger partial charge in [0, 0.05) is 41.3 Å². The Morgan fingerprint density at radius 2 is 1.94 bits per heavy atom. The highest BCUT2D eigenvalue weighted by Crippen LogP contribution is 2.36. The Balaban J connectivity index is 2.13. The Hall–Kier alpha value is -2.99. The van der Waals surface area contributed by atoms with Crippen molar-refractivity contribution in [2.75, 3.05) is 6.54 Å². The largest absolute Gasteiger partial charge is 0.401 e. The lowest BCUT2D eigenvalue weighted by molar-refractivity contribution is 0.385. The number of rotatable bonds is 5. The number of aromatic nitrogens is 2. The Morgan fingerprint density at radius 1 is 1.19 bits per heavy atom. The van der Waals surface area contributed by atoms with Gasteiger partial charge in [0.2, 0.25) is 0 Å². The van der Waals surface area contributed by atoms with Gasteiger partial charge in [-0.05, 0) is 71.2 Å². The van der Waals surface area contributed by atoms with E-state index in [1.807, 2.05) is 17.8 Å². The third-order valence-electron chi connectivity index (χ3n) is 5.78. The molecule has 0 bridgehead atoms. The fourth-order valence-electron chi connectivity index (χ4n) is 4.18. The fourth-order valence-corrected chi connectivity index (χ4v) is 4.18. The van der Waals surface area contributed by atoms with Gasteiger partial charge in [-0.25, -0.2) is 5.84 Å². The van der Waals surface area contributed by atoms with Crippen molar-refractivity contribution in [2.24, 2.45) is 11.6 Å². The zero-order valence-electron chi connectivity index (χ0n) is 19.7. The summed E-state index contributed by atoms with van der Waals surface area (Å²) in [6.07, 6.45) is 7.09. The monoisotopic (exact) mass is 420 g/mol. The van der Waals surface area contributed by atoms with Crippen molar-refractivity contribution >= 4 is 5.70 Å². The summed E-state index contributed by atoms with van der Waals surface area (Å²) in [6.45, 7) is 14.0. The van der Waals surface area contributed by atoms with Gasteiger partial charge < -0.3 is 16.1 Å². The molecule has 2 heterocycles. The van der Waals surface area contributed by atoms with E-state index in [2.05, 4.69) is 75.4 Å². The molecule has 2 aromatic rings. The van der Waals surface area contributed by atoms with Crippen LogP contribution in [0.5, 0.6) is 0 Å². The molecule has 0 aliphatic carbocycles. The van der Waals surface area contributed by atoms with Crippen molar-refractivity contribution in [2.45, 2.75) is 60.5 Å². The first-order valence-electron chi connectivity index (χ1n) is 11.0. The molecule has 1 atom stereocenters. The van der Waals surface area contributed by atoms with Gasteiger partial charge in [0.25, 0.3) is 0 Å². The molecule has 166 valence electrons. The third-order valence-corrected chi connectivity index (χ3v) is 5.78. The fraction of sp³-hybridized carbons (Fsp3) is 0.400. The number of hydrogen-bond acceptors (Lipinski definition) is 5. The molecule has 5 N–H and O–H groups in total. The molecule has 31 heavy (non-hydrogen) atoms. The molecule has 0 radical (unpaired) electrons. The second kappa shape index (κ2) is 9.43. The van der Waals surface area contributed by atoms with Gasteiger partial charge in [0.1, 0.15) is 0 Å². The van der Waals surface area contributed by atoms with Crippen LogP contribution in [-0.2, 0) is 6.54 Å². The van der Waals surface area contributed by atoms with Crippen molar-refractivity contribution < 1.29 is 0 Å². The maximum absolute atomic E-state index is 6.41.